The zero-order valence-corrected chi connectivity index (χ0v) is 19.9. The van der Waals surface area contributed by atoms with Crippen molar-refractivity contribution in [3.8, 4) is 11.4 Å². The number of benzene rings is 1. The SMILES string of the molecule is CCCCCCCCc1cnc(-c2ccc(N3C[C@@H](CCCCCC)OC3=O)cc2)nc1. The highest BCUT2D eigenvalue weighted by atomic mass is 16.6. The van der Waals surface area contributed by atoms with E-state index in [1.165, 1.54) is 63.4 Å². The molecule has 1 aromatic carbocycles. The first kappa shape index (κ1) is 24.2. The van der Waals surface area contributed by atoms with Gasteiger partial charge in [-0.3, -0.25) is 4.90 Å². The summed E-state index contributed by atoms with van der Waals surface area (Å²) in [6.07, 6.45) is 18.2. The summed E-state index contributed by atoms with van der Waals surface area (Å²) >= 11 is 0. The average molecular weight is 438 g/mol. The molecule has 32 heavy (non-hydrogen) atoms. The zero-order chi connectivity index (χ0) is 22.6. The molecule has 1 saturated heterocycles. The second-order valence-corrected chi connectivity index (χ2v) is 8.95. The highest BCUT2D eigenvalue weighted by Gasteiger charge is 2.31. The van der Waals surface area contributed by atoms with Crippen LogP contribution in [0.2, 0.25) is 0 Å². The van der Waals surface area contributed by atoms with E-state index in [1.807, 2.05) is 36.7 Å². The standard InChI is InChI=1S/C27H39N3O2/c1-3-5-7-9-10-11-13-22-19-28-26(29-20-22)23-15-17-24(18-16-23)30-21-25(32-27(30)31)14-12-8-6-4-2/h15-20,25H,3-14,21H2,1-2H3/t25-/m1/s1. The quantitative estimate of drug-likeness (QED) is 0.290. The first-order valence-electron chi connectivity index (χ1n) is 12.6. The van der Waals surface area contributed by atoms with Crippen molar-refractivity contribution in [2.45, 2.75) is 97.0 Å². The summed E-state index contributed by atoms with van der Waals surface area (Å²) in [6, 6.07) is 7.90. The third kappa shape index (κ3) is 7.32. The number of anilines is 1. The van der Waals surface area contributed by atoms with E-state index in [0.29, 0.717) is 6.54 Å². The van der Waals surface area contributed by atoms with Crippen LogP contribution in [0.25, 0.3) is 11.4 Å². The molecule has 1 fully saturated rings. The molecule has 174 valence electrons. The fraction of sp³-hybridized carbons (Fsp3) is 0.593. The molecule has 1 aliphatic heterocycles. The number of carbonyl (C=O) groups is 1. The van der Waals surface area contributed by atoms with Gasteiger partial charge < -0.3 is 4.74 Å². The van der Waals surface area contributed by atoms with Crippen LogP contribution in [-0.4, -0.2) is 28.7 Å². The number of rotatable bonds is 14. The molecule has 1 atom stereocenters. The molecular weight excluding hydrogens is 398 g/mol. The minimum Gasteiger partial charge on any atom is -0.444 e. The molecule has 2 aromatic rings. The van der Waals surface area contributed by atoms with Gasteiger partial charge in [0.2, 0.25) is 0 Å². The summed E-state index contributed by atoms with van der Waals surface area (Å²) in [7, 11) is 0. The minimum atomic E-state index is -0.242. The van der Waals surface area contributed by atoms with Crippen LogP contribution < -0.4 is 4.90 Å². The Bertz CT molecular complexity index is 805. The lowest BCUT2D eigenvalue weighted by molar-refractivity contribution is 0.135. The lowest BCUT2D eigenvalue weighted by Gasteiger charge is -2.13. The van der Waals surface area contributed by atoms with Crippen LogP contribution >= 0.6 is 0 Å². The van der Waals surface area contributed by atoms with Gasteiger partial charge in [-0.05, 0) is 55.5 Å². The highest BCUT2D eigenvalue weighted by Crippen LogP contribution is 2.26. The molecule has 0 radical (unpaired) electrons. The summed E-state index contributed by atoms with van der Waals surface area (Å²) in [6.45, 7) is 5.09. The van der Waals surface area contributed by atoms with Gasteiger partial charge in [0.05, 0.1) is 6.54 Å². The van der Waals surface area contributed by atoms with Crippen LogP contribution in [-0.2, 0) is 11.2 Å². The van der Waals surface area contributed by atoms with Crippen molar-refractivity contribution in [1.82, 2.24) is 9.97 Å². The minimum absolute atomic E-state index is 0.00144. The smallest absolute Gasteiger partial charge is 0.414 e. The number of aryl methyl sites for hydroxylation is 1. The fourth-order valence-electron chi connectivity index (χ4n) is 4.21. The second-order valence-electron chi connectivity index (χ2n) is 8.95. The molecule has 0 unspecified atom stereocenters. The maximum absolute atomic E-state index is 12.3. The molecule has 1 aliphatic rings. The van der Waals surface area contributed by atoms with Gasteiger partial charge in [-0.1, -0.05) is 65.2 Å². The largest absolute Gasteiger partial charge is 0.444 e. The molecule has 1 amide bonds. The Morgan fingerprint density at radius 1 is 0.875 bits per heavy atom. The average Bonchev–Trinajstić information content (AvgIpc) is 3.20. The summed E-state index contributed by atoms with van der Waals surface area (Å²) < 4.78 is 5.56. The number of aromatic nitrogens is 2. The molecule has 0 saturated carbocycles. The number of hydrogen-bond acceptors (Lipinski definition) is 4. The summed E-state index contributed by atoms with van der Waals surface area (Å²) in [5, 5.41) is 0. The highest BCUT2D eigenvalue weighted by molar-refractivity contribution is 5.90. The van der Waals surface area contributed by atoms with Crippen molar-refractivity contribution in [1.29, 1.82) is 0 Å². The first-order valence-corrected chi connectivity index (χ1v) is 12.6. The molecule has 3 rings (SSSR count). The van der Waals surface area contributed by atoms with Crippen LogP contribution in [0.15, 0.2) is 36.7 Å². The molecular formula is C27H39N3O2. The molecule has 0 bridgehead atoms. The Labute approximate surface area is 193 Å². The summed E-state index contributed by atoms with van der Waals surface area (Å²) in [5.41, 5.74) is 3.03. The van der Waals surface area contributed by atoms with Gasteiger partial charge in [0.25, 0.3) is 0 Å². The van der Waals surface area contributed by atoms with E-state index < -0.39 is 0 Å². The molecule has 5 heteroatoms. The number of hydrogen-bond donors (Lipinski definition) is 0. The van der Waals surface area contributed by atoms with Gasteiger partial charge in [0, 0.05) is 23.6 Å². The van der Waals surface area contributed by atoms with Crippen molar-refractivity contribution in [2.24, 2.45) is 0 Å². The van der Waals surface area contributed by atoms with Crippen molar-refractivity contribution in [2.75, 3.05) is 11.4 Å². The molecule has 2 heterocycles. The van der Waals surface area contributed by atoms with Crippen molar-refractivity contribution in [3.05, 3.63) is 42.2 Å². The van der Waals surface area contributed by atoms with E-state index in [-0.39, 0.29) is 12.2 Å². The lowest BCUT2D eigenvalue weighted by Crippen LogP contribution is -2.24. The molecule has 1 aromatic heterocycles. The number of nitrogens with zero attached hydrogens (tertiary/aromatic N) is 3. The van der Waals surface area contributed by atoms with Gasteiger partial charge in [-0.2, -0.15) is 0 Å². The Morgan fingerprint density at radius 2 is 1.50 bits per heavy atom. The lowest BCUT2D eigenvalue weighted by atomic mass is 10.1. The van der Waals surface area contributed by atoms with Crippen LogP contribution in [0.1, 0.15) is 90.0 Å². The van der Waals surface area contributed by atoms with Gasteiger partial charge in [0.15, 0.2) is 5.82 Å². The topological polar surface area (TPSA) is 55.3 Å². The van der Waals surface area contributed by atoms with Gasteiger partial charge >= 0.3 is 6.09 Å². The fourth-order valence-corrected chi connectivity index (χ4v) is 4.21. The maximum atomic E-state index is 12.3. The number of unbranched alkanes of at least 4 members (excludes halogenated alkanes) is 8. The van der Waals surface area contributed by atoms with Crippen molar-refractivity contribution < 1.29 is 9.53 Å². The van der Waals surface area contributed by atoms with Crippen molar-refractivity contribution >= 4 is 11.8 Å². The summed E-state index contributed by atoms with van der Waals surface area (Å²) in [4.78, 5) is 23.2. The van der Waals surface area contributed by atoms with E-state index in [2.05, 4.69) is 23.8 Å². The predicted molar refractivity (Wildman–Crippen MR) is 131 cm³/mol. The van der Waals surface area contributed by atoms with E-state index in [4.69, 9.17) is 4.74 Å². The third-order valence-corrected chi connectivity index (χ3v) is 6.22. The molecule has 0 spiro atoms. The van der Waals surface area contributed by atoms with Gasteiger partial charge in [0.1, 0.15) is 6.10 Å². The van der Waals surface area contributed by atoms with Gasteiger partial charge in [-0.15, -0.1) is 0 Å². The van der Waals surface area contributed by atoms with E-state index in [1.54, 1.807) is 4.90 Å². The van der Waals surface area contributed by atoms with E-state index in [9.17, 15) is 4.79 Å². The Kier molecular flexibility index (Phi) is 9.98. The normalized spacial score (nSPS) is 15.9. The zero-order valence-electron chi connectivity index (χ0n) is 19.9. The van der Waals surface area contributed by atoms with Crippen LogP contribution in [0.4, 0.5) is 10.5 Å². The van der Waals surface area contributed by atoms with Crippen LogP contribution in [0, 0.1) is 0 Å². The second kappa shape index (κ2) is 13.2. The van der Waals surface area contributed by atoms with Crippen molar-refractivity contribution in [3.63, 3.8) is 0 Å². The van der Waals surface area contributed by atoms with Gasteiger partial charge in [-0.25, -0.2) is 14.8 Å². The first-order chi connectivity index (χ1) is 15.7. The predicted octanol–water partition coefficient (Wildman–Crippen LogP) is 7.34. The number of ether oxygens (including phenoxy) is 1. The van der Waals surface area contributed by atoms with E-state index >= 15 is 0 Å². The Hall–Kier alpha value is -2.43. The molecule has 0 N–H and O–H groups in total. The molecule has 0 aliphatic carbocycles. The number of cyclic esters (lactones) is 1. The van der Waals surface area contributed by atoms with Crippen LogP contribution in [0.5, 0.6) is 0 Å². The van der Waals surface area contributed by atoms with E-state index in [0.717, 1.165) is 36.3 Å². The number of carbonyl (C=O) groups excluding carboxylic acids is 1. The third-order valence-electron chi connectivity index (χ3n) is 6.22. The summed E-state index contributed by atoms with van der Waals surface area (Å²) in [5.74, 6) is 0.723. The van der Waals surface area contributed by atoms with Crippen LogP contribution in [0.3, 0.4) is 0 Å². The maximum Gasteiger partial charge on any atom is 0.414 e. The molecule has 5 nitrogen and oxygen atoms in total. The number of amides is 1. The monoisotopic (exact) mass is 437 g/mol. The Balaban J connectivity index is 1.48. The Morgan fingerprint density at radius 3 is 2.19 bits per heavy atom.